The minimum atomic E-state index is -0.907. The van der Waals surface area contributed by atoms with Gasteiger partial charge in [-0.3, -0.25) is 0 Å². The quantitative estimate of drug-likeness (QED) is 0.736. The maximum Gasteiger partial charge on any atom is 0.335 e. The standard InChI is InChI=1S/C18H15NO2/c1-12-10-15(18(20)21)7-9-17(12)19-16-8-6-13-4-2-3-5-14(13)11-16/h2-11,19H,1H3,(H,20,21). The number of carboxylic acid groups (broad SMARTS) is 1. The Bertz CT molecular complexity index is 824. The van der Waals surface area contributed by atoms with E-state index in [0.717, 1.165) is 16.9 Å². The number of fused-ring (bicyclic) bond motifs is 1. The van der Waals surface area contributed by atoms with Crippen LogP contribution in [0.1, 0.15) is 15.9 Å². The van der Waals surface area contributed by atoms with Crippen molar-refractivity contribution in [2.75, 3.05) is 5.32 Å². The lowest BCUT2D eigenvalue weighted by Gasteiger charge is -2.11. The number of hydrogen-bond acceptors (Lipinski definition) is 2. The molecule has 0 bridgehead atoms. The molecule has 0 unspecified atom stereocenters. The molecule has 0 saturated heterocycles. The Morgan fingerprint density at radius 2 is 1.71 bits per heavy atom. The number of carbonyl (C=O) groups is 1. The fourth-order valence-corrected chi connectivity index (χ4v) is 2.36. The first-order chi connectivity index (χ1) is 10.1. The minimum absolute atomic E-state index is 0.302. The monoisotopic (exact) mass is 277 g/mol. The molecule has 3 rings (SSSR count). The Morgan fingerprint density at radius 1 is 0.952 bits per heavy atom. The molecule has 0 amide bonds. The predicted molar refractivity (Wildman–Crippen MR) is 85.4 cm³/mol. The van der Waals surface area contributed by atoms with Crippen LogP contribution >= 0.6 is 0 Å². The topological polar surface area (TPSA) is 49.3 Å². The molecule has 0 aliphatic rings. The van der Waals surface area contributed by atoms with E-state index in [9.17, 15) is 4.79 Å². The zero-order valence-corrected chi connectivity index (χ0v) is 11.6. The van der Waals surface area contributed by atoms with Crippen molar-refractivity contribution in [1.82, 2.24) is 0 Å². The van der Waals surface area contributed by atoms with Crippen LogP contribution in [-0.4, -0.2) is 11.1 Å². The van der Waals surface area contributed by atoms with Crippen LogP contribution in [0.2, 0.25) is 0 Å². The van der Waals surface area contributed by atoms with Crippen molar-refractivity contribution in [2.45, 2.75) is 6.92 Å². The van der Waals surface area contributed by atoms with Crippen LogP contribution in [-0.2, 0) is 0 Å². The fraction of sp³-hybridized carbons (Fsp3) is 0.0556. The summed E-state index contributed by atoms with van der Waals surface area (Å²) in [6.45, 7) is 1.90. The van der Waals surface area contributed by atoms with Gasteiger partial charge in [0.1, 0.15) is 0 Å². The molecule has 0 fully saturated rings. The van der Waals surface area contributed by atoms with Gasteiger partial charge in [0, 0.05) is 11.4 Å². The largest absolute Gasteiger partial charge is 0.478 e. The SMILES string of the molecule is Cc1cc(C(=O)O)ccc1Nc1ccc2ccccc2c1. The predicted octanol–water partition coefficient (Wildman–Crippen LogP) is 4.59. The van der Waals surface area contributed by atoms with E-state index in [0.29, 0.717) is 5.56 Å². The highest BCUT2D eigenvalue weighted by atomic mass is 16.4. The van der Waals surface area contributed by atoms with Crippen molar-refractivity contribution in [3.8, 4) is 0 Å². The first-order valence-electron chi connectivity index (χ1n) is 6.73. The molecule has 0 saturated carbocycles. The summed E-state index contributed by atoms with van der Waals surface area (Å²) in [7, 11) is 0. The molecule has 104 valence electrons. The van der Waals surface area contributed by atoms with Crippen LogP contribution < -0.4 is 5.32 Å². The third kappa shape index (κ3) is 2.72. The van der Waals surface area contributed by atoms with Crippen molar-refractivity contribution in [3.63, 3.8) is 0 Å². The highest BCUT2D eigenvalue weighted by Crippen LogP contribution is 2.24. The van der Waals surface area contributed by atoms with Gasteiger partial charge in [0.05, 0.1) is 5.56 Å². The van der Waals surface area contributed by atoms with Gasteiger partial charge in [0.2, 0.25) is 0 Å². The lowest BCUT2D eigenvalue weighted by atomic mass is 10.1. The number of carboxylic acids is 1. The summed E-state index contributed by atoms with van der Waals surface area (Å²) < 4.78 is 0. The summed E-state index contributed by atoms with van der Waals surface area (Å²) in [5.41, 5.74) is 3.11. The van der Waals surface area contributed by atoms with Crippen LogP contribution in [0.4, 0.5) is 11.4 Å². The summed E-state index contributed by atoms with van der Waals surface area (Å²) in [5.74, 6) is -0.907. The van der Waals surface area contributed by atoms with E-state index in [2.05, 4.69) is 29.6 Å². The van der Waals surface area contributed by atoms with E-state index in [1.807, 2.05) is 25.1 Å². The summed E-state index contributed by atoms with van der Waals surface area (Å²) >= 11 is 0. The van der Waals surface area contributed by atoms with Crippen molar-refractivity contribution in [2.24, 2.45) is 0 Å². The van der Waals surface area contributed by atoms with E-state index < -0.39 is 5.97 Å². The molecule has 0 spiro atoms. The van der Waals surface area contributed by atoms with Crippen molar-refractivity contribution in [3.05, 3.63) is 71.8 Å². The maximum atomic E-state index is 10.9. The van der Waals surface area contributed by atoms with E-state index >= 15 is 0 Å². The Balaban J connectivity index is 1.93. The van der Waals surface area contributed by atoms with E-state index in [-0.39, 0.29) is 0 Å². The van der Waals surface area contributed by atoms with Gasteiger partial charge in [-0.1, -0.05) is 30.3 Å². The molecule has 2 N–H and O–H groups in total. The third-order valence-electron chi connectivity index (χ3n) is 3.50. The molecule has 0 aliphatic carbocycles. The second-order valence-corrected chi connectivity index (χ2v) is 5.02. The number of rotatable bonds is 3. The van der Waals surface area contributed by atoms with Crippen LogP contribution in [0.3, 0.4) is 0 Å². The molecule has 0 aromatic heterocycles. The first kappa shape index (κ1) is 13.2. The molecule has 0 aliphatic heterocycles. The zero-order valence-electron chi connectivity index (χ0n) is 11.6. The van der Waals surface area contributed by atoms with Gasteiger partial charge < -0.3 is 10.4 Å². The normalized spacial score (nSPS) is 10.5. The van der Waals surface area contributed by atoms with Gasteiger partial charge in [-0.05, 0) is 53.6 Å². The summed E-state index contributed by atoms with van der Waals surface area (Å²) in [6.07, 6.45) is 0. The molecule has 3 nitrogen and oxygen atoms in total. The first-order valence-corrected chi connectivity index (χ1v) is 6.73. The van der Waals surface area contributed by atoms with E-state index in [4.69, 9.17) is 5.11 Å². The number of anilines is 2. The summed E-state index contributed by atoms with van der Waals surface area (Å²) in [5, 5.41) is 14.7. The lowest BCUT2D eigenvalue weighted by molar-refractivity contribution is 0.0697. The molecular weight excluding hydrogens is 262 g/mol. The van der Waals surface area contributed by atoms with Crippen LogP contribution in [0.15, 0.2) is 60.7 Å². The van der Waals surface area contributed by atoms with Crippen molar-refractivity contribution < 1.29 is 9.90 Å². The Labute approximate surface area is 122 Å². The van der Waals surface area contributed by atoms with E-state index in [1.54, 1.807) is 18.2 Å². The lowest BCUT2D eigenvalue weighted by Crippen LogP contribution is -1.99. The minimum Gasteiger partial charge on any atom is -0.478 e. The average molecular weight is 277 g/mol. The second-order valence-electron chi connectivity index (χ2n) is 5.02. The fourth-order valence-electron chi connectivity index (χ4n) is 2.36. The molecular formula is C18H15NO2. The molecule has 21 heavy (non-hydrogen) atoms. The average Bonchev–Trinajstić information content (AvgIpc) is 2.49. The van der Waals surface area contributed by atoms with Crippen LogP contribution in [0.25, 0.3) is 10.8 Å². The highest BCUT2D eigenvalue weighted by Gasteiger charge is 2.06. The van der Waals surface area contributed by atoms with Gasteiger partial charge in [-0.25, -0.2) is 4.79 Å². The Morgan fingerprint density at radius 3 is 2.43 bits per heavy atom. The molecule has 0 radical (unpaired) electrons. The van der Waals surface area contributed by atoms with Gasteiger partial charge in [-0.15, -0.1) is 0 Å². The molecule has 3 heteroatoms. The Kier molecular flexibility index (Phi) is 3.32. The molecule has 3 aromatic rings. The zero-order chi connectivity index (χ0) is 14.8. The van der Waals surface area contributed by atoms with Crippen LogP contribution in [0, 0.1) is 6.92 Å². The maximum absolute atomic E-state index is 10.9. The number of hydrogen-bond donors (Lipinski definition) is 2. The van der Waals surface area contributed by atoms with Gasteiger partial charge in [-0.2, -0.15) is 0 Å². The van der Waals surface area contributed by atoms with Crippen molar-refractivity contribution in [1.29, 1.82) is 0 Å². The highest BCUT2D eigenvalue weighted by molar-refractivity contribution is 5.89. The number of nitrogens with one attached hydrogen (secondary N) is 1. The van der Waals surface area contributed by atoms with Gasteiger partial charge in [0.15, 0.2) is 0 Å². The summed E-state index contributed by atoms with van der Waals surface area (Å²) in [6, 6.07) is 19.4. The Hall–Kier alpha value is -2.81. The smallest absolute Gasteiger partial charge is 0.335 e. The number of aryl methyl sites for hydroxylation is 1. The van der Waals surface area contributed by atoms with Gasteiger partial charge >= 0.3 is 5.97 Å². The molecule has 0 atom stereocenters. The number of aromatic carboxylic acids is 1. The van der Waals surface area contributed by atoms with Crippen molar-refractivity contribution >= 4 is 28.1 Å². The summed E-state index contributed by atoms with van der Waals surface area (Å²) in [4.78, 5) is 10.9. The third-order valence-corrected chi connectivity index (χ3v) is 3.50. The number of benzene rings is 3. The second kappa shape index (κ2) is 5.29. The molecule has 3 aromatic carbocycles. The van der Waals surface area contributed by atoms with E-state index in [1.165, 1.54) is 10.8 Å². The van der Waals surface area contributed by atoms with Crippen LogP contribution in [0.5, 0.6) is 0 Å². The molecule has 0 heterocycles. The van der Waals surface area contributed by atoms with Gasteiger partial charge in [0.25, 0.3) is 0 Å².